The molecule has 0 heterocycles. The number of nitriles is 1. The monoisotopic (exact) mass is 315 g/mol. The van der Waals surface area contributed by atoms with Crippen LogP contribution in [0.2, 0.25) is 0 Å². The first-order valence-electron chi connectivity index (χ1n) is 6.19. The average Bonchev–Trinajstić information content (AvgIpc) is 2.57. The lowest BCUT2D eigenvalue weighted by molar-refractivity contribution is 0.0944. The van der Waals surface area contributed by atoms with Crippen molar-refractivity contribution < 1.29 is 4.79 Å². The van der Waals surface area contributed by atoms with Gasteiger partial charge >= 0.3 is 0 Å². The van der Waals surface area contributed by atoms with Crippen molar-refractivity contribution in [2.75, 3.05) is 0 Å². The van der Waals surface area contributed by atoms with E-state index in [0.717, 1.165) is 5.54 Å². The van der Waals surface area contributed by atoms with Crippen LogP contribution in [0.25, 0.3) is 0 Å². The molecule has 104 valence electrons. The maximum absolute atomic E-state index is 12.9. The van der Waals surface area contributed by atoms with Crippen molar-refractivity contribution in [3.8, 4) is 6.07 Å². The molecule has 0 amide bonds. The first-order valence-corrected chi connectivity index (χ1v) is 7.01. The van der Waals surface area contributed by atoms with Crippen molar-refractivity contribution in [3.05, 3.63) is 82.4 Å². The summed E-state index contributed by atoms with van der Waals surface area (Å²) in [5.74, 6) is -0.404. The van der Waals surface area contributed by atoms with Gasteiger partial charge in [-0.25, -0.2) is 0 Å². The van der Waals surface area contributed by atoms with Gasteiger partial charge in [-0.15, -0.1) is 0 Å². The maximum Gasteiger partial charge on any atom is 0.193 e. The number of Topliss-reactive ketones (excluding diaryl/α,β-unsaturated/α-hetero) is 1. The summed E-state index contributed by atoms with van der Waals surface area (Å²) in [5.41, 5.74) is 0.327. The Hall–Kier alpha value is -2.08. The number of hydrogen-bond acceptors (Lipinski definition) is 2. The molecule has 2 nitrogen and oxygen atoms in total. The van der Waals surface area contributed by atoms with Gasteiger partial charge in [0.25, 0.3) is 0 Å². The van der Waals surface area contributed by atoms with Gasteiger partial charge < -0.3 is 0 Å². The third-order valence-electron chi connectivity index (χ3n) is 3.21. The van der Waals surface area contributed by atoms with Crippen LogP contribution in [0, 0.1) is 11.3 Å². The van der Waals surface area contributed by atoms with E-state index in [1.807, 2.05) is 6.07 Å². The zero-order valence-corrected chi connectivity index (χ0v) is 12.5. The van der Waals surface area contributed by atoms with Gasteiger partial charge in [0.2, 0.25) is 0 Å². The molecule has 2 aromatic carbocycles. The van der Waals surface area contributed by atoms with Gasteiger partial charge in [-0.1, -0.05) is 83.9 Å². The highest BCUT2D eigenvalue weighted by molar-refractivity contribution is 6.40. The minimum atomic E-state index is -1.63. The number of carbonyl (C=O) groups excluding carboxylic acids is 1. The lowest BCUT2D eigenvalue weighted by Crippen LogP contribution is -2.35. The quantitative estimate of drug-likeness (QED) is 0.770. The first kappa shape index (κ1) is 15.3. The van der Waals surface area contributed by atoms with Gasteiger partial charge in [-0.3, -0.25) is 4.79 Å². The Kier molecular flexibility index (Phi) is 4.80. The normalized spacial score (nSPS) is 14.0. The van der Waals surface area contributed by atoms with Crippen molar-refractivity contribution in [3.63, 3.8) is 0 Å². The summed E-state index contributed by atoms with van der Waals surface area (Å²) in [7, 11) is 0. The van der Waals surface area contributed by atoms with Crippen LogP contribution in [0.1, 0.15) is 15.9 Å². The summed E-state index contributed by atoms with van der Waals surface area (Å²) in [6, 6.07) is 19.3. The molecule has 0 saturated carbocycles. The Balaban J connectivity index is 2.68. The SMILES string of the molecule is N#CC(C(=O)c1ccccc1)(/C(Cl)=C/Cl)c1ccccc1. The molecule has 0 saturated heterocycles. The molecule has 0 bridgehead atoms. The molecule has 0 radical (unpaired) electrons. The predicted octanol–water partition coefficient (Wildman–Crippen LogP) is 4.65. The Morgan fingerprint density at radius 2 is 1.57 bits per heavy atom. The van der Waals surface area contributed by atoms with E-state index in [4.69, 9.17) is 23.2 Å². The number of nitrogens with zero attached hydrogens (tertiary/aromatic N) is 1. The van der Waals surface area contributed by atoms with Crippen LogP contribution in [-0.4, -0.2) is 5.78 Å². The van der Waals surface area contributed by atoms with Gasteiger partial charge in [0.05, 0.1) is 11.1 Å². The molecule has 21 heavy (non-hydrogen) atoms. The Labute approximate surface area is 133 Å². The fourth-order valence-corrected chi connectivity index (χ4v) is 2.52. The molecule has 2 aromatic rings. The van der Waals surface area contributed by atoms with Gasteiger partial charge in [-0.2, -0.15) is 5.26 Å². The van der Waals surface area contributed by atoms with E-state index < -0.39 is 11.2 Å². The van der Waals surface area contributed by atoms with Crippen LogP contribution < -0.4 is 0 Å². The van der Waals surface area contributed by atoms with E-state index in [2.05, 4.69) is 0 Å². The molecule has 1 atom stereocenters. The fraction of sp³-hybridized carbons (Fsp3) is 0.0588. The number of hydrogen-bond donors (Lipinski definition) is 0. The molecule has 0 aromatic heterocycles. The van der Waals surface area contributed by atoms with E-state index in [-0.39, 0.29) is 5.03 Å². The second-order valence-corrected chi connectivity index (χ2v) is 5.01. The minimum absolute atomic E-state index is 0.0216. The van der Waals surface area contributed by atoms with Crippen molar-refractivity contribution in [2.24, 2.45) is 0 Å². The lowest BCUT2D eigenvalue weighted by Gasteiger charge is -2.25. The standard InChI is InChI=1S/C17H11Cl2NO/c18-11-15(19)17(12-20,14-9-5-2-6-10-14)16(21)13-7-3-1-4-8-13/h1-11H/b15-11-. The van der Waals surface area contributed by atoms with E-state index in [1.54, 1.807) is 60.7 Å². The van der Waals surface area contributed by atoms with Crippen molar-refractivity contribution in [2.45, 2.75) is 5.41 Å². The smallest absolute Gasteiger partial charge is 0.193 e. The summed E-state index contributed by atoms with van der Waals surface area (Å²) in [6.45, 7) is 0. The van der Waals surface area contributed by atoms with E-state index in [9.17, 15) is 10.1 Å². The third kappa shape index (κ3) is 2.71. The molecule has 0 aliphatic carbocycles. The molecule has 0 aliphatic rings. The highest BCUT2D eigenvalue weighted by Gasteiger charge is 2.44. The molecular weight excluding hydrogens is 305 g/mol. The summed E-state index contributed by atoms with van der Waals surface area (Å²) in [4.78, 5) is 12.9. The Morgan fingerprint density at radius 3 is 2.05 bits per heavy atom. The van der Waals surface area contributed by atoms with Crippen LogP contribution in [0.3, 0.4) is 0 Å². The topological polar surface area (TPSA) is 40.9 Å². The van der Waals surface area contributed by atoms with E-state index in [0.29, 0.717) is 11.1 Å². The van der Waals surface area contributed by atoms with Crippen LogP contribution in [0.5, 0.6) is 0 Å². The molecule has 0 spiro atoms. The first-order chi connectivity index (χ1) is 10.2. The minimum Gasteiger partial charge on any atom is -0.292 e. The highest BCUT2D eigenvalue weighted by atomic mass is 35.5. The zero-order chi connectivity index (χ0) is 15.3. The third-order valence-corrected chi connectivity index (χ3v) is 3.93. The van der Waals surface area contributed by atoms with Crippen molar-refractivity contribution in [1.82, 2.24) is 0 Å². The number of rotatable bonds is 4. The summed E-state index contributed by atoms with van der Waals surface area (Å²) >= 11 is 11.9. The van der Waals surface area contributed by atoms with Gasteiger partial charge in [0, 0.05) is 11.1 Å². The highest BCUT2D eigenvalue weighted by Crippen LogP contribution is 2.38. The molecule has 0 aliphatic heterocycles. The fourth-order valence-electron chi connectivity index (χ4n) is 2.12. The molecule has 0 N–H and O–H groups in total. The van der Waals surface area contributed by atoms with Crippen LogP contribution >= 0.6 is 23.2 Å². The Morgan fingerprint density at radius 1 is 1.05 bits per heavy atom. The van der Waals surface area contributed by atoms with Crippen LogP contribution in [0.4, 0.5) is 0 Å². The molecule has 1 unspecified atom stereocenters. The number of carbonyl (C=O) groups is 1. The number of ketones is 1. The molecule has 2 rings (SSSR count). The summed E-state index contributed by atoms with van der Waals surface area (Å²) in [6.07, 6.45) is 0. The summed E-state index contributed by atoms with van der Waals surface area (Å²) in [5, 5.41) is 9.69. The van der Waals surface area contributed by atoms with E-state index in [1.165, 1.54) is 0 Å². The molecule has 4 heteroatoms. The Bertz CT molecular complexity index is 705. The number of benzene rings is 2. The average molecular weight is 316 g/mol. The van der Waals surface area contributed by atoms with Gasteiger partial charge in [-0.05, 0) is 5.56 Å². The lowest BCUT2D eigenvalue weighted by atomic mass is 9.75. The second-order valence-electron chi connectivity index (χ2n) is 4.38. The molecular formula is C17H11Cl2NO. The second kappa shape index (κ2) is 6.58. The predicted molar refractivity (Wildman–Crippen MR) is 84.3 cm³/mol. The largest absolute Gasteiger partial charge is 0.292 e. The van der Waals surface area contributed by atoms with Crippen LogP contribution in [-0.2, 0) is 5.41 Å². The molecule has 0 fully saturated rings. The van der Waals surface area contributed by atoms with E-state index >= 15 is 0 Å². The number of allylic oxidation sites excluding steroid dienone is 1. The van der Waals surface area contributed by atoms with Gasteiger partial charge in [0.1, 0.15) is 0 Å². The van der Waals surface area contributed by atoms with Crippen LogP contribution in [0.15, 0.2) is 71.2 Å². The van der Waals surface area contributed by atoms with Gasteiger partial charge in [0.15, 0.2) is 11.2 Å². The summed E-state index contributed by atoms with van der Waals surface area (Å²) < 4.78 is 0. The number of halogens is 2. The maximum atomic E-state index is 12.9. The van der Waals surface area contributed by atoms with Crippen molar-refractivity contribution >= 4 is 29.0 Å². The van der Waals surface area contributed by atoms with Crippen molar-refractivity contribution in [1.29, 1.82) is 5.26 Å². The zero-order valence-electron chi connectivity index (χ0n) is 11.0.